The van der Waals surface area contributed by atoms with E-state index in [1.165, 1.54) is 26.4 Å². The third-order valence-corrected chi connectivity index (χ3v) is 2.44. The monoisotopic (exact) mass is 246 g/mol. The van der Waals surface area contributed by atoms with Gasteiger partial charge in [-0.25, -0.2) is 8.42 Å². The van der Waals surface area contributed by atoms with Crippen LogP contribution in [0.15, 0.2) is 12.1 Å². The predicted molar refractivity (Wildman–Crippen MR) is 62.4 cm³/mol. The number of hydrogen-bond donors (Lipinski definition) is 2. The van der Waals surface area contributed by atoms with Crippen molar-refractivity contribution in [1.82, 2.24) is 0 Å². The third kappa shape index (κ3) is 2.93. The molecule has 90 valence electrons. The van der Waals surface area contributed by atoms with Gasteiger partial charge < -0.3 is 15.2 Å². The Labute approximate surface area is 94.4 Å². The van der Waals surface area contributed by atoms with E-state index in [0.717, 1.165) is 6.26 Å². The summed E-state index contributed by atoms with van der Waals surface area (Å²) in [5, 5.41) is 0. The van der Waals surface area contributed by atoms with Gasteiger partial charge in [-0.2, -0.15) is 0 Å². The van der Waals surface area contributed by atoms with E-state index in [4.69, 9.17) is 15.2 Å². The lowest BCUT2D eigenvalue weighted by molar-refractivity contribution is 0.397. The Hall–Kier alpha value is -1.63. The first kappa shape index (κ1) is 12.4. The molecule has 0 saturated heterocycles. The Morgan fingerprint density at radius 1 is 1.19 bits per heavy atom. The number of benzene rings is 1. The lowest BCUT2D eigenvalue weighted by Crippen LogP contribution is -2.11. The largest absolute Gasteiger partial charge is 0.494 e. The maximum atomic E-state index is 11.1. The summed E-state index contributed by atoms with van der Waals surface area (Å²) >= 11 is 0. The first-order chi connectivity index (χ1) is 7.37. The lowest BCUT2D eigenvalue weighted by Gasteiger charge is -2.13. The first-order valence-electron chi connectivity index (χ1n) is 4.36. The minimum atomic E-state index is -3.37. The molecule has 7 heteroatoms. The molecule has 0 atom stereocenters. The van der Waals surface area contributed by atoms with Crippen LogP contribution in [0.3, 0.4) is 0 Å². The molecule has 0 radical (unpaired) electrons. The highest BCUT2D eigenvalue weighted by Crippen LogP contribution is 2.34. The zero-order valence-corrected chi connectivity index (χ0v) is 10.1. The van der Waals surface area contributed by atoms with Gasteiger partial charge in [0.1, 0.15) is 11.5 Å². The van der Waals surface area contributed by atoms with Crippen LogP contribution in [0.2, 0.25) is 0 Å². The van der Waals surface area contributed by atoms with E-state index in [1.54, 1.807) is 0 Å². The van der Waals surface area contributed by atoms with Gasteiger partial charge in [-0.15, -0.1) is 0 Å². The second kappa shape index (κ2) is 4.48. The number of rotatable bonds is 4. The van der Waals surface area contributed by atoms with Crippen molar-refractivity contribution >= 4 is 21.4 Å². The lowest BCUT2D eigenvalue weighted by atomic mass is 10.2. The van der Waals surface area contributed by atoms with E-state index in [9.17, 15) is 8.42 Å². The second-order valence-electron chi connectivity index (χ2n) is 3.17. The normalized spacial score (nSPS) is 10.9. The summed E-state index contributed by atoms with van der Waals surface area (Å²) < 4.78 is 34.5. The van der Waals surface area contributed by atoms with Crippen LogP contribution < -0.4 is 19.9 Å². The second-order valence-corrected chi connectivity index (χ2v) is 4.92. The van der Waals surface area contributed by atoms with E-state index in [0.29, 0.717) is 17.2 Å². The third-order valence-electron chi connectivity index (χ3n) is 1.85. The standard InChI is InChI=1S/C9H14N2O4S/c1-14-8-5-9(15-2)7(4-6(8)10)11-16(3,12)13/h4-5,11H,10H2,1-3H3. The van der Waals surface area contributed by atoms with Crippen LogP contribution in [-0.2, 0) is 10.0 Å². The van der Waals surface area contributed by atoms with E-state index >= 15 is 0 Å². The van der Waals surface area contributed by atoms with Gasteiger partial charge >= 0.3 is 0 Å². The molecule has 16 heavy (non-hydrogen) atoms. The summed E-state index contributed by atoms with van der Waals surface area (Å²) in [6.07, 6.45) is 1.05. The van der Waals surface area contributed by atoms with Crippen LogP contribution in [0.1, 0.15) is 0 Å². The van der Waals surface area contributed by atoms with Gasteiger partial charge in [-0.3, -0.25) is 4.72 Å². The molecule has 0 bridgehead atoms. The van der Waals surface area contributed by atoms with Gasteiger partial charge in [0, 0.05) is 6.07 Å². The van der Waals surface area contributed by atoms with Crippen LogP contribution in [0.4, 0.5) is 11.4 Å². The maximum Gasteiger partial charge on any atom is 0.229 e. The minimum absolute atomic E-state index is 0.281. The van der Waals surface area contributed by atoms with Gasteiger partial charge in [0.2, 0.25) is 10.0 Å². The van der Waals surface area contributed by atoms with Gasteiger partial charge in [-0.1, -0.05) is 0 Å². The summed E-state index contributed by atoms with van der Waals surface area (Å²) in [6.45, 7) is 0. The number of methoxy groups -OCH3 is 2. The average molecular weight is 246 g/mol. The maximum absolute atomic E-state index is 11.1. The number of nitrogens with one attached hydrogen (secondary N) is 1. The topological polar surface area (TPSA) is 90.6 Å². The number of nitrogens with two attached hydrogens (primary N) is 1. The molecule has 0 aliphatic rings. The quantitative estimate of drug-likeness (QED) is 0.761. The summed E-state index contributed by atoms with van der Waals surface area (Å²) in [6, 6.07) is 2.96. The van der Waals surface area contributed by atoms with Gasteiger partial charge in [0.15, 0.2) is 0 Å². The van der Waals surface area contributed by atoms with Crippen molar-refractivity contribution < 1.29 is 17.9 Å². The zero-order chi connectivity index (χ0) is 12.3. The molecule has 0 aliphatic carbocycles. The number of sulfonamides is 1. The average Bonchev–Trinajstić information content (AvgIpc) is 2.16. The fourth-order valence-electron chi connectivity index (χ4n) is 1.20. The highest BCUT2D eigenvalue weighted by atomic mass is 32.2. The van der Waals surface area contributed by atoms with E-state index < -0.39 is 10.0 Å². The van der Waals surface area contributed by atoms with Gasteiger partial charge in [0.05, 0.1) is 31.9 Å². The molecular weight excluding hydrogens is 232 g/mol. The van der Waals surface area contributed by atoms with Crippen molar-refractivity contribution in [1.29, 1.82) is 0 Å². The first-order valence-corrected chi connectivity index (χ1v) is 6.26. The highest BCUT2D eigenvalue weighted by molar-refractivity contribution is 7.92. The van der Waals surface area contributed by atoms with Crippen molar-refractivity contribution in [3.63, 3.8) is 0 Å². The van der Waals surface area contributed by atoms with Crippen LogP contribution in [0, 0.1) is 0 Å². The smallest absolute Gasteiger partial charge is 0.229 e. The van der Waals surface area contributed by atoms with Gasteiger partial charge in [0.25, 0.3) is 0 Å². The van der Waals surface area contributed by atoms with Crippen LogP contribution in [-0.4, -0.2) is 28.9 Å². The van der Waals surface area contributed by atoms with Crippen molar-refractivity contribution in [2.75, 3.05) is 30.9 Å². The number of ether oxygens (including phenoxy) is 2. The van der Waals surface area contributed by atoms with E-state index in [2.05, 4.69) is 4.72 Å². The van der Waals surface area contributed by atoms with Crippen molar-refractivity contribution in [2.45, 2.75) is 0 Å². The summed E-state index contributed by atoms with van der Waals surface area (Å²) in [5.74, 6) is 0.771. The van der Waals surface area contributed by atoms with Crippen LogP contribution in [0.25, 0.3) is 0 Å². The van der Waals surface area contributed by atoms with E-state index in [1.807, 2.05) is 0 Å². The van der Waals surface area contributed by atoms with Crippen molar-refractivity contribution in [3.8, 4) is 11.5 Å². The predicted octanol–water partition coefficient (Wildman–Crippen LogP) is 0.658. The van der Waals surface area contributed by atoms with Crippen molar-refractivity contribution in [2.24, 2.45) is 0 Å². The fourth-order valence-corrected chi connectivity index (χ4v) is 1.76. The van der Waals surface area contributed by atoms with E-state index in [-0.39, 0.29) is 5.69 Å². The molecule has 0 aliphatic heterocycles. The highest BCUT2D eigenvalue weighted by Gasteiger charge is 2.12. The Balaban J connectivity index is 3.23. The van der Waals surface area contributed by atoms with Crippen molar-refractivity contribution in [3.05, 3.63) is 12.1 Å². The minimum Gasteiger partial charge on any atom is -0.494 e. The van der Waals surface area contributed by atoms with Crippen LogP contribution in [0.5, 0.6) is 11.5 Å². The molecule has 0 amide bonds. The van der Waals surface area contributed by atoms with Gasteiger partial charge in [-0.05, 0) is 6.07 Å². The number of nitrogen functional groups attached to an aromatic ring is 1. The Morgan fingerprint density at radius 3 is 2.19 bits per heavy atom. The molecule has 1 rings (SSSR count). The molecule has 0 unspecified atom stereocenters. The zero-order valence-electron chi connectivity index (χ0n) is 9.27. The molecule has 1 aromatic rings. The number of hydrogen-bond acceptors (Lipinski definition) is 5. The summed E-state index contributed by atoms with van der Waals surface area (Å²) in [5.41, 5.74) is 6.27. The van der Waals surface area contributed by atoms with Crippen LogP contribution >= 0.6 is 0 Å². The molecule has 6 nitrogen and oxygen atoms in total. The molecule has 3 N–H and O–H groups in total. The molecular formula is C9H14N2O4S. The molecule has 0 heterocycles. The SMILES string of the molecule is COc1cc(OC)c(NS(C)(=O)=O)cc1N. The summed E-state index contributed by atoms with van der Waals surface area (Å²) in [4.78, 5) is 0. The molecule has 0 spiro atoms. The molecule has 0 saturated carbocycles. The summed E-state index contributed by atoms with van der Waals surface area (Å²) in [7, 11) is -0.476. The Morgan fingerprint density at radius 2 is 1.75 bits per heavy atom. The number of anilines is 2. The Bertz CT molecular complexity index is 485. The fraction of sp³-hybridized carbons (Fsp3) is 0.333. The molecule has 1 aromatic carbocycles. The molecule has 0 fully saturated rings. The molecule has 0 aromatic heterocycles. The Kier molecular flexibility index (Phi) is 3.48.